The molecule has 0 unspecified atom stereocenters. The molecule has 4 aromatic rings. The molecular weight excluding hydrogens is 374 g/mol. The highest BCUT2D eigenvalue weighted by Gasteiger charge is 2.17. The van der Waals surface area contributed by atoms with E-state index in [0.29, 0.717) is 13.0 Å². The Labute approximate surface area is 166 Å². The Hall–Kier alpha value is -2.70. The fraction of sp³-hybridized carbons (Fsp3) is 0.143. The van der Waals surface area contributed by atoms with Gasteiger partial charge in [-0.15, -0.1) is 22.7 Å². The normalized spacial score (nSPS) is 10.9. The van der Waals surface area contributed by atoms with Crippen molar-refractivity contribution in [1.29, 1.82) is 0 Å². The highest BCUT2D eigenvalue weighted by Crippen LogP contribution is 2.28. The highest BCUT2D eigenvalue weighted by molar-refractivity contribution is 7.13. The lowest BCUT2D eigenvalue weighted by Crippen LogP contribution is -2.27. The predicted octanol–water partition coefficient (Wildman–Crippen LogP) is 4.86. The SMILES string of the molecule is CN(Cc1cn(-c2ccccc2)nc1-c1cccs1)C(=O)Cc1cccs1. The lowest BCUT2D eigenvalue weighted by molar-refractivity contribution is -0.129. The number of hydrogen-bond donors (Lipinski definition) is 0. The van der Waals surface area contributed by atoms with E-state index in [4.69, 9.17) is 5.10 Å². The van der Waals surface area contributed by atoms with Crippen LogP contribution in [0.4, 0.5) is 0 Å². The molecule has 1 amide bonds. The molecule has 4 rings (SSSR count). The average Bonchev–Trinajstić information content (AvgIpc) is 3.44. The highest BCUT2D eigenvalue weighted by atomic mass is 32.1. The zero-order valence-electron chi connectivity index (χ0n) is 14.9. The molecule has 0 atom stereocenters. The quantitative estimate of drug-likeness (QED) is 0.469. The summed E-state index contributed by atoms with van der Waals surface area (Å²) in [6, 6.07) is 18.1. The molecule has 1 aromatic carbocycles. The summed E-state index contributed by atoms with van der Waals surface area (Å²) in [6.07, 6.45) is 2.47. The van der Waals surface area contributed by atoms with E-state index in [9.17, 15) is 4.79 Å². The van der Waals surface area contributed by atoms with Gasteiger partial charge in [-0.05, 0) is 35.0 Å². The Bertz CT molecular complexity index is 1010. The molecular formula is C21H19N3OS2. The summed E-state index contributed by atoms with van der Waals surface area (Å²) in [5.41, 5.74) is 2.99. The number of aromatic nitrogens is 2. The van der Waals surface area contributed by atoms with Crippen LogP contribution < -0.4 is 0 Å². The van der Waals surface area contributed by atoms with E-state index in [1.165, 1.54) is 0 Å². The van der Waals surface area contributed by atoms with Crippen molar-refractivity contribution in [2.75, 3.05) is 7.05 Å². The maximum absolute atomic E-state index is 12.6. The van der Waals surface area contributed by atoms with Gasteiger partial charge in [-0.1, -0.05) is 30.3 Å². The van der Waals surface area contributed by atoms with Crippen LogP contribution in [0.3, 0.4) is 0 Å². The summed E-state index contributed by atoms with van der Waals surface area (Å²) < 4.78 is 1.89. The Balaban J connectivity index is 1.61. The van der Waals surface area contributed by atoms with Crippen LogP contribution >= 0.6 is 22.7 Å². The van der Waals surface area contributed by atoms with Gasteiger partial charge in [0.1, 0.15) is 5.69 Å². The molecule has 0 saturated heterocycles. The first-order chi connectivity index (χ1) is 13.2. The average molecular weight is 394 g/mol. The molecule has 0 fully saturated rings. The van der Waals surface area contributed by atoms with E-state index in [1.807, 2.05) is 77.2 Å². The molecule has 0 radical (unpaired) electrons. The van der Waals surface area contributed by atoms with Crippen LogP contribution in [0.15, 0.2) is 71.6 Å². The van der Waals surface area contributed by atoms with Gasteiger partial charge in [0, 0.05) is 30.2 Å². The third-order valence-corrected chi connectivity index (χ3v) is 6.06. The van der Waals surface area contributed by atoms with Crippen LogP contribution in [0, 0.1) is 0 Å². The first-order valence-electron chi connectivity index (χ1n) is 8.65. The standard InChI is InChI=1S/C21H19N3OS2/c1-23(20(25)13-18-9-5-11-26-18)14-16-15-24(17-7-3-2-4-8-17)22-21(16)19-10-6-12-27-19/h2-12,15H,13-14H2,1H3. The van der Waals surface area contributed by atoms with Crippen molar-refractivity contribution in [3.8, 4) is 16.3 Å². The second-order valence-electron chi connectivity index (χ2n) is 6.27. The maximum Gasteiger partial charge on any atom is 0.227 e. The fourth-order valence-electron chi connectivity index (χ4n) is 2.90. The monoisotopic (exact) mass is 393 g/mol. The zero-order chi connectivity index (χ0) is 18.6. The number of rotatable bonds is 6. The molecule has 0 aliphatic rings. The number of carbonyl (C=O) groups excluding carboxylic acids is 1. The number of para-hydroxylation sites is 1. The summed E-state index contributed by atoms with van der Waals surface area (Å²) >= 11 is 3.28. The molecule has 6 heteroatoms. The van der Waals surface area contributed by atoms with Crippen molar-refractivity contribution < 1.29 is 4.79 Å². The van der Waals surface area contributed by atoms with Crippen LogP contribution in [0.25, 0.3) is 16.3 Å². The molecule has 3 aromatic heterocycles. The van der Waals surface area contributed by atoms with Crippen LogP contribution in [0.5, 0.6) is 0 Å². The summed E-state index contributed by atoms with van der Waals surface area (Å²) in [7, 11) is 1.86. The number of carbonyl (C=O) groups is 1. The van der Waals surface area contributed by atoms with Crippen LogP contribution in [0.2, 0.25) is 0 Å². The second kappa shape index (κ2) is 7.90. The van der Waals surface area contributed by atoms with Crippen LogP contribution in [-0.4, -0.2) is 27.6 Å². The van der Waals surface area contributed by atoms with E-state index in [0.717, 1.165) is 26.7 Å². The third-order valence-electron chi connectivity index (χ3n) is 4.30. The molecule has 0 saturated carbocycles. The Morgan fingerprint density at radius 2 is 1.81 bits per heavy atom. The molecule has 27 heavy (non-hydrogen) atoms. The second-order valence-corrected chi connectivity index (χ2v) is 8.25. The first-order valence-corrected chi connectivity index (χ1v) is 10.4. The molecule has 0 spiro atoms. The van der Waals surface area contributed by atoms with Crippen molar-refractivity contribution in [3.63, 3.8) is 0 Å². The minimum Gasteiger partial charge on any atom is -0.341 e. The topological polar surface area (TPSA) is 38.1 Å². The van der Waals surface area contributed by atoms with Gasteiger partial charge < -0.3 is 4.90 Å². The molecule has 4 nitrogen and oxygen atoms in total. The minimum atomic E-state index is 0.113. The molecule has 0 bridgehead atoms. The summed E-state index contributed by atoms with van der Waals surface area (Å²) in [4.78, 5) is 16.6. The van der Waals surface area contributed by atoms with Gasteiger partial charge in [0.2, 0.25) is 5.91 Å². The summed E-state index contributed by atoms with van der Waals surface area (Å²) in [5, 5.41) is 8.85. The largest absolute Gasteiger partial charge is 0.341 e. The van der Waals surface area contributed by atoms with Gasteiger partial charge in [0.15, 0.2) is 0 Å². The molecule has 0 aliphatic heterocycles. The number of likely N-dealkylation sites (N-methyl/N-ethyl adjacent to an activating group) is 1. The van der Waals surface area contributed by atoms with E-state index in [1.54, 1.807) is 27.6 Å². The van der Waals surface area contributed by atoms with Gasteiger partial charge >= 0.3 is 0 Å². The van der Waals surface area contributed by atoms with Gasteiger partial charge in [-0.25, -0.2) is 4.68 Å². The summed E-state index contributed by atoms with van der Waals surface area (Å²) in [5.74, 6) is 0.113. The van der Waals surface area contributed by atoms with Crippen LogP contribution in [0.1, 0.15) is 10.4 Å². The smallest absolute Gasteiger partial charge is 0.227 e. The fourth-order valence-corrected chi connectivity index (χ4v) is 4.34. The van der Waals surface area contributed by atoms with E-state index >= 15 is 0 Å². The number of thiophene rings is 2. The first kappa shape index (κ1) is 17.7. The predicted molar refractivity (Wildman–Crippen MR) is 111 cm³/mol. The van der Waals surface area contributed by atoms with Gasteiger partial charge in [-0.2, -0.15) is 5.10 Å². The number of amides is 1. The van der Waals surface area contributed by atoms with Crippen molar-refractivity contribution in [2.45, 2.75) is 13.0 Å². The molecule has 0 aliphatic carbocycles. The van der Waals surface area contributed by atoms with Crippen molar-refractivity contribution in [3.05, 3.63) is 82.0 Å². The van der Waals surface area contributed by atoms with E-state index < -0.39 is 0 Å². The Kier molecular flexibility index (Phi) is 5.18. The van der Waals surface area contributed by atoms with Gasteiger partial charge in [-0.3, -0.25) is 4.79 Å². The lowest BCUT2D eigenvalue weighted by Gasteiger charge is -2.16. The van der Waals surface area contributed by atoms with Crippen molar-refractivity contribution in [1.82, 2.24) is 14.7 Å². The van der Waals surface area contributed by atoms with Gasteiger partial charge in [0.05, 0.1) is 17.0 Å². The minimum absolute atomic E-state index is 0.113. The van der Waals surface area contributed by atoms with Crippen molar-refractivity contribution in [2.24, 2.45) is 0 Å². The number of nitrogens with zero attached hydrogens (tertiary/aromatic N) is 3. The zero-order valence-corrected chi connectivity index (χ0v) is 16.5. The molecule has 3 heterocycles. The molecule has 0 N–H and O–H groups in total. The Morgan fingerprint density at radius 1 is 1.04 bits per heavy atom. The number of hydrogen-bond acceptors (Lipinski definition) is 4. The third kappa shape index (κ3) is 4.02. The lowest BCUT2D eigenvalue weighted by atomic mass is 10.2. The number of benzene rings is 1. The van der Waals surface area contributed by atoms with Crippen LogP contribution in [-0.2, 0) is 17.8 Å². The van der Waals surface area contributed by atoms with E-state index in [2.05, 4.69) is 6.07 Å². The molecule has 136 valence electrons. The Morgan fingerprint density at radius 3 is 2.52 bits per heavy atom. The maximum atomic E-state index is 12.6. The van der Waals surface area contributed by atoms with E-state index in [-0.39, 0.29) is 5.91 Å². The van der Waals surface area contributed by atoms with Crippen molar-refractivity contribution >= 4 is 28.6 Å². The van der Waals surface area contributed by atoms with Gasteiger partial charge in [0.25, 0.3) is 0 Å². The summed E-state index contributed by atoms with van der Waals surface area (Å²) in [6.45, 7) is 0.532.